The van der Waals surface area contributed by atoms with Gasteiger partial charge in [0.2, 0.25) is 5.91 Å². The van der Waals surface area contributed by atoms with Crippen LogP contribution in [0.25, 0.3) is 0 Å². The number of hydrogen-bond acceptors (Lipinski definition) is 7. The monoisotopic (exact) mass is 449 g/mol. The molecule has 0 saturated carbocycles. The third-order valence-electron chi connectivity index (χ3n) is 5.00. The Morgan fingerprint density at radius 1 is 1.16 bits per heavy atom. The second-order valence-electron chi connectivity index (χ2n) is 8.51. The minimum Gasteiger partial charge on any atom is -0.419 e. The molecule has 2 fully saturated rings. The largest absolute Gasteiger partial charge is 0.419 e. The third kappa shape index (κ3) is 5.70. The van der Waals surface area contributed by atoms with E-state index < -0.39 is 17.7 Å². The molecule has 168 valence electrons. The number of hydrogen-bond donors (Lipinski definition) is 1. The number of anilines is 2. The van der Waals surface area contributed by atoms with Gasteiger partial charge in [0.25, 0.3) is 5.79 Å². The predicted octanol–water partition coefficient (Wildman–Crippen LogP) is 3.17. The number of ether oxygens (including phenoxy) is 2. The van der Waals surface area contributed by atoms with E-state index in [1.807, 2.05) is 24.8 Å². The summed E-state index contributed by atoms with van der Waals surface area (Å²) in [6, 6.07) is 5.36. The first kappa shape index (κ1) is 22.9. The van der Waals surface area contributed by atoms with E-state index in [0.717, 1.165) is 5.69 Å². The molecule has 9 heteroatoms. The number of nitrogens with one attached hydrogen (secondary N) is 1. The number of esters is 2. The zero-order valence-corrected chi connectivity index (χ0v) is 19.0. The molecule has 1 N–H and O–H groups in total. The van der Waals surface area contributed by atoms with Crippen LogP contribution in [0.5, 0.6) is 0 Å². The topological polar surface area (TPSA) is 88.2 Å². The average Bonchev–Trinajstić information content (AvgIpc) is 2.66. The molecule has 1 amide bonds. The Kier molecular flexibility index (Phi) is 6.79. The van der Waals surface area contributed by atoms with Gasteiger partial charge in [-0.15, -0.1) is 0 Å². The van der Waals surface area contributed by atoms with Gasteiger partial charge in [-0.05, 0) is 24.1 Å². The summed E-state index contributed by atoms with van der Waals surface area (Å²) in [4.78, 5) is 40.7. The highest BCUT2D eigenvalue weighted by Crippen LogP contribution is 2.31. The summed E-state index contributed by atoms with van der Waals surface area (Å²) >= 11 is 6.17. The Labute approximate surface area is 187 Å². The first-order valence-corrected chi connectivity index (χ1v) is 10.7. The van der Waals surface area contributed by atoms with Gasteiger partial charge in [-0.2, -0.15) is 0 Å². The summed E-state index contributed by atoms with van der Waals surface area (Å²) in [5, 5.41) is 3.50. The molecule has 0 spiro atoms. The lowest BCUT2D eigenvalue weighted by Gasteiger charge is -2.37. The quantitative estimate of drug-likeness (QED) is 0.419. The molecule has 31 heavy (non-hydrogen) atoms. The van der Waals surface area contributed by atoms with Crippen molar-refractivity contribution in [3.05, 3.63) is 35.0 Å². The molecule has 0 unspecified atom stereocenters. The van der Waals surface area contributed by atoms with Crippen molar-refractivity contribution in [2.45, 2.75) is 39.9 Å². The van der Waals surface area contributed by atoms with Crippen LogP contribution in [0.1, 0.15) is 34.1 Å². The lowest BCUT2D eigenvalue weighted by molar-refractivity contribution is -0.222. The molecule has 2 saturated heterocycles. The zero-order valence-electron chi connectivity index (χ0n) is 18.2. The summed E-state index contributed by atoms with van der Waals surface area (Å²) < 4.78 is 10.2. The highest BCUT2D eigenvalue weighted by Gasteiger charge is 2.39. The molecule has 0 aliphatic carbocycles. The van der Waals surface area contributed by atoms with Gasteiger partial charge in [0.1, 0.15) is 0 Å². The number of carbonyl (C=O) groups excluding carboxylic acids is 3. The van der Waals surface area contributed by atoms with Gasteiger partial charge < -0.3 is 24.6 Å². The number of piperazine rings is 1. The van der Waals surface area contributed by atoms with Crippen molar-refractivity contribution in [2.75, 3.05) is 36.4 Å². The Morgan fingerprint density at radius 3 is 2.35 bits per heavy atom. The van der Waals surface area contributed by atoms with Crippen molar-refractivity contribution in [1.82, 2.24) is 4.90 Å². The Morgan fingerprint density at radius 2 is 1.77 bits per heavy atom. The van der Waals surface area contributed by atoms with Gasteiger partial charge in [0, 0.05) is 57.7 Å². The fourth-order valence-corrected chi connectivity index (χ4v) is 3.68. The van der Waals surface area contributed by atoms with Crippen LogP contribution < -0.4 is 10.2 Å². The first-order valence-electron chi connectivity index (χ1n) is 10.3. The van der Waals surface area contributed by atoms with E-state index in [0.29, 0.717) is 49.2 Å². The van der Waals surface area contributed by atoms with Gasteiger partial charge in [-0.3, -0.25) is 4.79 Å². The molecule has 2 aliphatic rings. The molecule has 0 aromatic heterocycles. The minimum atomic E-state index is -1.29. The number of cyclic esters (lactones) is 2. The van der Waals surface area contributed by atoms with E-state index in [1.165, 1.54) is 20.0 Å². The first-order chi connectivity index (χ1) is 14.6. The van der Waals surface area contributed by atoms with Crippen LogP contribution in [-0.2, 0) is 23.9 Å². The van der Waals surface area contributed by atoms with Gasteiger partial charge >= 0.3 is 11.9 Å². The van der Waals surface area contributed by atoms with E-state index in [9.17, 15) is 14.4 Å². The number of carbonyl (C=O) groups is 3. The highest BCUT2D eigenvalue weighted by molar-refractivity contribution is 6.31. The van der Waals surface area contributed by atoms with Gasteiger partial charge in [0.05, 0.1) is 11.4 Å². The molecular formula is C22H28ClN3O5. The van der Waals surface area contributed by atoms with Crippen LogP contribution in [0.15, 0.2) is 30.0 Å². The smallest absolute Gasteiger partial charge is 0.350 e. The minimum absolute atomic E-state index is 0.172. The van der Waals surface area contributed by atoms with E-state index in [1.54, 1.807) is 12.1 Å². The molecule has 0 bridgehead atoms. The Bertz CT molecular complexity index is 882. The van der Waals surface area contributed by atoms with Crippen molar-refractivity contribution >= 4 is 40.8 Å². The summed E-state index contributed by atoms with van der Waals surface area (Å²) in [7, 11) is 0. The summed E-state index contributed by atoms with van der Waals surface area (Å²) in [6.07, 6.45) is 1.82. The van der Waals surface area contributed by atoms with Gasteiger partial charge in [-0.25, -0.2) is 9.59 Å². The standard InChI is InChI=1S/C22H28ClN3O5/c1-14(2)11-19(27)26-9-7-25(8-10-26)18-6-5-15(23)12-17(18)24-13-16-20(28)30-22(3,4)31-21(16)29/h5-6,12-14,24H,7-11H2,1-4H3. The van der Waals surface area contributed by atoms with Gasteiger partial charge in [0.15, 0.2) is 5.57 Å². The maximum atomic E-state index is 12.3. The van der Waals surface area contributed by atoms with Crippen LogP contribution in [0.3, 0.4) is 0 Å². The second kappa shape index (κ2) is 9.18. The van der Waals surface area contributed by atoms with Crippen LogP contribution in [0.2, 0.25) is 5.02 Å². The number of rotatable bonds is 5. The van der Waals surface area contributed by atoms with Gasteiger partial charge in [-0.1, -0.05) is 25.4 Å². The fourth-order valence-electron chi connectivity index (χ4n) is 3.50. The average molecular weight is 450 g/mol. The normalized spacial score (nSPS) is 18.6. The van der Waals surface area contributed by atoms with Crippen LogP contribution in [0, 0.1) is 5.92 Å². The number of halogens is 1. The van der Waals surface area contributed by atoms with E-state index in [2.05, 4.69) is 10.2 Å². The van der Waals surface area contributed by atoms with Crippen LogP contribution >= 0.6 is 11.6 Å². The Hall–Kier alpha value is -2.74. The predicted molar refractivity (Wildman–Crippen MR) is 118 cm³/mol. The number of benzene rings is 1. The molecule has 1 aromatic carbocycles. The molecule has 1 aromatic rings. The van der Waals surface area contributed by atoms with Crippen molar-refractivity contribution < 1.29 is 23.9 Å². The highest BCUT2D eigenvalue weighted by atomic mass is 35.5. The summed E-state index contributed by atoms with van der Waals surface area (Å²) in [6.45, 7) is 9.64. The lowest BCUT2D eigenvalue weighted by atomic mass is 10.1. The van der Waals surface area contributed by atoms with E-state index in [-0.39, 0.29) is 11.5 Å². The zero-order chi connectivity index (χ0) is 22.8. The Balaban J connectivity index is 1.73. The summed E-state index contributed by atoms with van der Waals surface area (Å²) in [5.41, 5.74) is 1.26. The lowest BCUT2D eigenvalue weighted by Crippen LogP contribution is -2.49. The molecular weight excluding hydrogens is 422 g/mol. The molecule has 2 aliphatic heterocycles. The fraction of sp³-hybridized carbons (Fsp3) is 0.500. The maximum absolute atomic E-state index is 12.3. The molecule has 3 rings (SSSR count). The maximum Gasteiger partial charge on any atom is 0.350 e. The van der Waals surface area contributed by atoms with Crippen LogP contribution in [-0.4, -0.2) is 54.7 Å². The van der Waals surface area contributed by atoms with E-state index >= 15 is 0 Å². The molecule has 2 heterocycles. The van der Waals surface area contributed by atoms with Crippen molar-refractivity contribution in [3.8, 4) is 0 Å². The molecule has 0 atom stereocenters. The van der Waals surface area contributed by atoms with Crippen molar-refractivity contribution in [3.63, 3.8) is 0 Å². The van der Waals surface area contributed by atoms with Crippen molar-refractivity contribution in [1.29, 1.82) is 0 Å². The number of nitrogens with zero attached hydrogens (tertiary/aromatic N) is 2. The van der Waals surface area contributed by atoms with E-state index in [4.69, 9.17) is 21.1 Å². The third-order valence-corrected chi connectivity index (χ3v) is 5.24. The second-order valence-corrected chi connectivity index (χ2v) is 8.94. The SMILES string of the molecule is CC(C)CC(=O)N1CCN(c2ccc(Cl)cc2NC=C2C(=O)OC(C)(C)OC2=O)CC1. The number of amides is 1. The molecule has 8 nitrogen and oxygen atoms in total. The van der Waals surface area contributed by atoms with Crippen molar-refractivity contribution in [2.24, 2.45) is 5.92 Å². The summed E-state index contributed by atoms with van der Waals surface area (Å²) in [5.74, 6) is -2.30. The molecule has 0 radical (unpaired) electrons. The van der Waals surface area contributed by atoms with Crippen LogP contribution in [0.4, 0.5) is 11.4 Å².